The van der Waals surface area contributed by atoms with Crippen LogP contribution in [-0.2, 0) is 20.8 Å². The third kappa shape index (κ3) is 3.02. The third-order valence-corrected chi connectivity index (χ3v) is 2.94. The molecule has 0 spiro atoms. The van der Waals surface area contributed by atoms with E-state index in [1.807, 2.05) is 13.8 Å². The molecule has 104 valence electrons. The van der Waals surface area contributed by atoms with Crippen molar-refractivity contribution in [1.29, 1.82) is 0 Å². The molecule has 1 aliphatic heterocycles. The third-order valence-electron chi connectivity index (χ3n) is 2.94. The fourth-order valence-corrected chi connectivity index (χ4v) is 2.08. The van der Waals surface area contributed by atoms with Gasteiger partial charge in [-0.3, -0.25) is 4.79 Å². The van der Waals surface area contributed by atoms with Gasteiger partial charge in [0.25, 0.3) is 0 Å². The average Bonchev–Trinajstić information content (AvgIpc) is 2.92. The van der Waals surface area contributed by atoms with Crippen molar-refractivity contribution in [1.82, 2.24) is 4.57 Å². The van der Waals surface area contributed by atoms with E-state index in [0.29, 0.717) is 30.7 Å². The lowest BCUT2D eigenvalue weighted by Crippen LogP contribution is -2.24. The van der Waals surface area contributed by atoms with Crippen LogP contribution in [0.15, 0.2) is 12.3 Å². The average molecular weight is 267 g/mol. The van der Waals surface area contributed by atoms with Crippen molar-refractivity contribution in [2.24, 2.45) is 0 Å². The molecule has 6 heteroatoms. The number of ether oxygens (including phenoxy) is 3. The topological polar surface area (TPSA) is 66.8 Å². The van der Waals surface area contributed by atoms with E-state index in [1.54, 1.807) is 10.8 Å². The Bertz CT molecular complexity index is 491. The zero-order chi connectivity index (χ0) is 14.0. The van der Waals surface area contributed by atoms with E-state index in [0.717, 1.165) is 0 Å². The molecule has 0 N–H and O–H groups in total. The van der Waals surface area contributed by atoms with Crippen LogP contribution in [-0.4, -0.2) is 42.4 Å². The molecule has 1 atom stereocenters. The van der Waals surface area contributed by atoms with Gasteiger partial charge in [-0.2, -0.15) is 0 Å². The minimum atomic E-state index is -0.607. The van der Waals surface area contributed by atoms with Gasteiger partial charge in [-0.1, -0.05) is 0 Å². The lowest BCUT2D eigenvalue weighted by Gasteiger charge is -2.17. The highest BCUT2D eigenvalue weighted by Gasteiger charge is 2.33. The Morgan fingerprint density at radius 3 is 2.89 bits per heavy atom. The number of carbonyl (C=O) groups is 2. The number of nitrogens with zero attached hydrogens (tertiary/aromatic N) is 1. The van der Waals surface area contributed by atoms with Gasteiger partial charge in [0.2, 0.25) is 0 Å². The highest BCUT2D eigenvalue weighted by molar-refractivity contribution is 5.91. The Balaban J connectivity index is 2.14. The normalized spacial score (nSPS) is 21.3. The first kappa shape index (κ1) is 13.8. The van der Waals surface area contributed by atoms with E-state index < -0.39 is 11.8 Å². The minimum Gasteiger partial charge on any atom is -0.465 e. The molecule has 0 unspecified atom stereocenters. The first-order valence-corrected chi connectivity index (χ1v) is 6.00. The summed E-state index contributed by atoms with van der Waals surface area (Å²) in [5, 5.41) is 0. The molecule has 1 aromatic heterocycles. The highest BCUT2D eigenvalue weighted by atomic mass is 16.7. The van der Waals surface area contributed by atoms with Gasteiger partial charge in [0, 0.05) is 6.20 Å². The molecule has 1 aliphatic rings. The summed E-state index contributed by atoms with van der Waals surface area (Å²) in [4.78, 5) is 22.4. The Morgan fingerprint density at radius 2 is 2.37 bits per heavy atom. The molecule has 1 aromatic rings. The molecule has 0 radical (unpaired) electrons. The number of aromatic nitrogens is 1. The summed E-state index contributed by atoms with van der Waals surface area (Å²) in [7, 11) is 1.30. The van der Waals surface area contributed by atoms with E-state index in [9.17, 15) is 9.59 Å². The predicted octanol–water partition coefficient (Wildman–Crippen LogP) is 1.24. The van der Waals surface area contributed by atoms with E-state index in [4.69, 9.17) is 9.47 Å². The van der Waals surface area contributed by atoms with Crippen LogP contribution < -0.4 is 0 Å². The van der Waals surface area contributed by atoms with Crippen molar-refractivity contribution < 1.29 is 23.8 Å². The fourth-order valence-electron chi connectivity index (χ4n) is 2.08. The van der Waals surface area contributed by atoms with Gasteiger partial charge in [-0.15, -0.1) is 0 Å². The zero-order valence-electron chi connectivity index (χ0n) is 11.2. The second-order valence-corrected chi connectivity index (χ2v) is 4.87. The molecular formula is C13H17NO5. The minimum absolute atomic E-state index is 0.147. The highest BCUT2D eigenvalue weighted by Crippen LogP contribution is 2.23. The number of rotatable bonds is 4. The molecule has 0 bridgehead atoms. The van der Waals surface area contributed by atoms with E-state index >= 15 is 0 Å². The number of hydrogen-bond donors (Lipinski definition) is 0. The molecule has 2 rings (SSSR count). The first-order chi connectivity index (χ1) is 8.95. The number of carbonyl (C=O) groups excluding carboxylic acids is 2. The van der Waals surface area contributed by atoms with Crippen LogP contribution in [0.2, 0.25) is 0 Å². The van der Waals surface area contributed by atoms with Crippen molar-refractivity contribution in [3.8, 4) is 0 Å². The SMILES string of the molecule is COC(=O)c1cc(C=O)n(C[C@@H]2COC(C)(C)O2)c1. The van der Waals surface area contributed by atoms with Crippen LogP contribution in [0.25, 0.3) is 0 Å². The molecule has 0 aliphatic carbocycles. The molecule has 0 amide bonds. The Labute approximate surface area is 111 Å². The fraction of sp³-hybridized carbons (Fsp3) is 0.538. The molecule has 1 saturated heterocycles. The molecule has 0 saturated carbocycles. The maximum absolute atomic E-state index is 11.4. The first-order valence-electron chi connectivity index (χ1n) is 6.00. The Kier molecular flexibility index (Phi) is 3.73. The molecule has 0 aromatic carbocycles. The van der Waals surface area contributed by atoms with E-state index in [2.05, 4.69) is 4.74 Å². The zero-order valence-corrected chi connectivity index (χ0v) is 11.2. The Morgan fingerprint density at radius 1 is 1.63 bits per heavy atom. The van der Waals surface area contributed by atoms with Crippen molar-refractivity contribution in [3.63, 3.8) is 0 Å². The quantitative estimate of drug-likeness (QED) is 0.606. The second-order valence-electron chi connectivity index (χ2n) is 4.87. The van der Waals surface area contributed by atoms with Gasteiger partial charge < -0.3 is 18.8 Å². The van der Waals surface area contributed by atoms with Gasteiger partial charge in [0.05, 0.1) is 31.5 Å². The van der Waals surface area contributed by atoms with Gasteiger partial charge in [-0.05, 0) is 19.9 Å². The summed E-state index contributed by atoms with van der Waals surface area (Å²) in [5.74, 6) is -1.07. The van der Waals surface area contributed by atoms with Crippen molar-refractivity contribution in [2.45, 2.75) is 32.3 Å². The van der Waals surface area contributed by atoms with Crippen LogP contribution in [0, 0.1) is 0 Å². The van der Waals surface area contributed by atoms with E-state index in [-0.39, 0.29) is 6.10 Å². The van der Waals surface area contributed by atoms with Gasteiger partial charge in [0.15, 0.2) is 12.1 Å². The molecular weight excluding hydrogens is 250 g/mol. The van der Waals surface area contributed by atoms with E-state index in [1.165, 1.54) is 13.2 Å². The number of esters is 1. The molecule has 19 heavy (non-hydrogen) atoms. The second kappa shape index (κ2) is 5.14. The Hall–Kier alpha value is -1.66. The van der Waals surface area contributed by atoms with Crippen molar-refractivity contribution in [3.05, 3.63) is 23.5 Å². The molecule has 6 nitrogen and oxygen atoms in total. The number of aldehydes is 1. The maximum atomic E-state index is 11.4. The summed E-state index contributed by atoms with van der Waals surface area (Å²) in [6, 6.07) is 1.50. The van der Waals surface area contributed by atoms with Crippen LogP contribution in [0.5, 0.6) is 0 Å². The van der Waals surface area contributed by atoms with Crippen LogP contribution >= 0.6 is 0 Å². The standard InChI is InChI=1S/C13H17NO5/c1-13(2)18-8-11(19-13)6-14-5-9(12(16)17-3)4-10(14)7-15/h4-5,7,11H,6,8H2,1-3H3/t11-/m1/s1. The van der Waals surface area contributed by atoms with Crippen LogP contribution in [0.1, 0.15) is 34.7 Å². The maximum Gasteiger partial charge on any atom is 0.339 e. The predicted molar refractivity (Wildman–Crippen MR) is 66.1 cm³/mol. The number of methoxy groups -OCH3 is 1. The van der Waals surface area contributed by atoms with Crippen molar-refractivity contribution in [2.75, 3.05) is 13.7 Å². The monoisotopic (exact) mass is 267 g/mol. The molecule has 1 fully saturated rings. The summed E-state index contributed by atoms with van der Waals surface area (Å²) in [6.45, 7) is 4.58. The van der Waals surface area contributed by atoms with Crippen molar-refractivity contribution >= 4 is 12.3 Å². The summed E-state index contributed by atoms with van der Waals surface area (Å²) in [5.41, 5.74) is 0.761. The van der Waals surface area contributed by atoms with Crippen LogP contribution in [0.3, 0.4) is 0 Å². The smallest absolute Gasteiger partial charge is 0.339 e. The largest absolute Gasteiger partial charge is 0.465 e. The lowest BCUT2D eigenvalue weighted by atomic mass is 10.3. The van der Waals surface area contributed by atoms with Gasteiger partial charge in [0.1, 0.15) is 6.10 Å². The summed E-state index contributed by atoms with van der Waals surface area (Å²) >= 11 is 0. The number of hydrogen-bond acceptors (Lipinski definition) is 5. The molecule has 2 heterocycles. The van der Waals surface area contributed by atoms with Crippen LogP contribution in [0.4, 0.5) is 0 Å². The van der Waals surface area contributed by atoms with Gasteiger partial charge >= 0.3 is 5.97 Å². The summed E-state index contributed by atoms with van der Waals surface area (Å²) < 4.78 is 17.4. The lowest BCUT2D eigenvalue weighted by molar-refractivity contribution is -0.139. The summed E-state index contributed by atoms with van der Waals surface area (Å²) in [6.07, 6.45) is 2.14. The van der Waals surface area contributed by atoms with Gasteiger partial charge in [-0.25, -0.2) is 4.79 Å².